The third kappa shape index (κ3) is 2.78. The van der Waals surface area contributed by atoms with Crippen LogP contribution in [0, 0.1) is 0 Å². The number of pyridine rings is 2. The second kappa shape index (κ2) is 6.01. The summed E-state index contributed by atoms with van der Waals surface area (Å²) in [6, 6.07) is 7.17. The highest BCUT2D eigenvalue weighted by molar-refractivity contribution is 5.74. The molecule has 1 saturated heterocycles. The van der Waals surface area contributed by atoms with E-state index in [1.807, 2.05) is 29.2 Å². The zero-order valence-electron chi connectivity index (χ0n) is 11.6. The Balaban J connectivity index is 2.03. The maximum atomic E-state index is 11.5. The summed E-state index contributed by atoms with van der Waals surface area (Å²) in [5.74, 6) is -0.759. The van der Waals surface area contributed by atoms with Gasteiger partial charge in [-0.2, -0.15) is 0 Å². The van der Waals surface area contributed by atoms with E-state index in [4.69, 9.17) is 0 Å². The van der Waals surface area contributed by atoms with Crippen molar-refractivity contribution >= 4 is 5.97 Å². The summed E-state index contributed by atoms with van der Waals surface area (Å²) >= 11 is 0. The van der Waals surface area contributed by atoms with Gasteiger partial charge in [0.2, 0.25) is 0 Å². The fraction of sp³-hybridized carbons (Fsp3) is 0.312. The van der Waals surface area contributed by atoms with Crippen LogP contribution in [-0.4, -0.2) is 38.5 Å². The molecule has 0 bridgehead atoms. The average molecular weight is 283 g/mol. The standard InChI is InChI=1S/C16H17N3O2/c20-16(21)14-6-3-9-19(14)15(12-4-1-7-17-10-12)13-5-2-8-18-11-13/h1-2,4-5,7-8,10-11,14-15H,3,6,9H2,(H,20,21). The Morgan fingerprint density at radius 3 is 2.29 bits per heavy atom. The lowest BCUT2D eigenvalue weighted by Crippen LogP contribution is -2.39. The van der Waals surface area contributed by atoms with Gasteiger partial charge in [0, 0.05) is 31.3 Å². The molecule has 108 valence electrons. The molecular formula is C16H17N3O2. The number of nitrogens with zero attached hydrogens (tertiary/aromatic N) is 3. The van der Waals surface area contributed by atoms with Gasteiger partial charge in [-0.15, -0.1) is 0 Å². The number of carboxylic acids is 1. The molecule has 5 heteroatoms. The molecule has 1 atom stereocenters. The predicted molar refractivity (Wildman–Crippen MR) is 77.7 cm³/mol. The van der Waals surface area contributed by atoms with Crippen LogP contribution in [0.4, 0.5) is 0 Å². The Kier molecular flexibility index (Phi) is 3.92. The van der Waals surface area contributed by atoms with Crippen LogP contribution in [0.2, 0.25) is 0 Å². The smallest absolute Gasteiger partial charge is 0.320 e. The first-order chi connectivity index (χ1) is 10.3. The number of carboxylic acid groups (broad SMARTS) is 1. The van der Waals surface area contributed by atoms with E-state index in [1.54, 1.807) is 24.8 Å². The van der Waals surface area contributed by atoms with Crippen LogP contribution in [0.3, 0.4) is 0 Å². The van der Waals surface area contributed by atoms with Crippen molar-refractivity contribution in [2.24, 2.45) is 0 Å². The molecule has 3 rings (SSSR count). The molecule has 3 heterocycles. The van der Waals surface area contributed by atoms with Crippen molar-refractivity contribution in [2.45, 2.75) is 24.9 Å². The van der Waals surface area contributed by atoms with Crippen molar-refractivity contribution in [3.63, 3.8) is 0 Å². The molecule has 0 spiro atoms. The van der Waals surface area contributed by atoms with Crippen LogP contribution in [-0.2, 0) is 4.79 Å². The van der Waals surface area contributed by atoms with E-state index in [9.17, 15) is 9.90 Å². The molecule has 0 aliphatic carbocycles. The fourth-order valence-corrected chi connectivity index (χ4v) is 3.01. The summed E-state index contributed by atoms with van der Waals surface area (Å²) in [5.41, 5.74) is 2.00. The molecule has 2 aromatic heterocycles. The summed E-state index contributed by atoms with van der Waals surface area (Å²) in [7, 11) is 0. The number of carbonyl (C=O) groups is 1. The highest BCUT2D eigenvalue weighted by Crippen LogP contribution is 2.34. The Morgan fingerprint density at radius 2 is 1.81 bits per heavy atom. The molecule has 0 radical (unpaired) electrons. The number of aliphatic carboxylic acids is 1. The third-order valence-corrected chi connectivity index (χ3v) is 3.91. The highest BCUT2D eigenvalue weighted by Gasteiger charge is 2.36. The number of rotatable bonds is 4. The lowest BCUT2D eigenvalue weighted by Gasteiger charge is -2.31. The number of likely N-dealkylation sites (tertiary alicyclic amines) is 1. The van der Waals surface area contributed by atoms with Crippen molar-refractivity contribution in [1.29, 1.82) is 0 Å². The lowest BCUT2D eigenvalue weighted by molar-refractivity contribution is -0.142. The Morgan fingerprint density at radius 1 is 1.19 bits per heavy atom. The molecule has 1 N–H and O–H groups in total. The molecule has 1 aliphatic heterocycles. The normalized spacial score (nSPS) is 19.0. The van der Waals surface area contributed by atoms with Gasteiger partial charge in [0.05, 0.1) is 6.04 Å². The van der Waals surface area contributed by atoms with Crippen LogP contribution in [0.5, 0.6) is 0 Å². The van der Waals surface area contributed by atoms with E-state index in [0.29, 0.717) is 6.42 Å². The van der Waals surface area contributed by atoms with Gasteiger partial charge in [-0.05, 0) is 36.1 Å². The molecule has 5 nitrogen and oxygen atoms in total. The van der Waals surface area contributed by atoms with E-state index in [-0.39, 0.29) is 6.04 Å². The summed E-state index contributed by atoms with van der Waals surface area (Å²) in [5, 5.41) is 9.45. The number of hydrogen-bond donors (Lipinski definition) is 1. The number of hydrogen-bond acceptors (Lipinski definition) is 4. The molecule has 0 amide bonds. The SMILES string of the molecule is O=C(O)C1CCCN1C(c1cccnc1)c1cccnc1. The van der Waals surface area contributed by atoms with E-state index in [1.165, 1.54) is 0 Å². The van der Waals surface area contributed by atoms with E-state index in [0.717, 1.165) is 24.1 Å². The van der Waals surface area contributed by atoms with Crippen LogP contribution >= 0.6 is 0 Å². The van der Waals surface area contributed by atoms with Gasteiger partial charge >= 0.3 is 5.97 Å². The van der Waals surface area contributed by atoms with Crippen molar-refractivity contribution in [3.05, 3.63) is 60.2 Å². The van der Waals surface area contributed by atoms with Crippen LogP contribution < -0.4 is 0 Å². The Labute approximate surface area is 123 Å². The second-order valence-corrected chi connectivity index (χ2v) is 5.21. The summed E-state index contributed by atoms with van der Waals surface area (Å²) in [6.45, 7) is 0.769. The van der Waals surface area contributed by atoms with Gasteiger partial charge in [0.1, 0.15) is 6.04 Å². The quantitative estimate of drug-likeness (QED) is 0.931. The van der Waals surface area contributed by atoms with Crippen molar-refractivity contribution in [2.75, 3.05) is 6.54 Å². The molecule has 2 aromatic rings. The zero-order chi connectivity index (χ0) is 14.7. The molecule has 1 aliphatic rings. The second-order valence-electron chi connectivity index (χ2n) is 5.21. The van der Waals surface area contributed by atoms with E-state index < -0.39 is 12.0 Å². The lowest BCUT2D eigenvalue weighted by atomic mass is 9.99. The minimum atomic E-state index is -0.759. The first kappa shape index (κ1) is 13.7. The largest absolute Gasteiger partial charge is 0.480 e. The van der Waals surface area contributed by atoms with E-state index in [2.05, 4.69) is 9.97 Å². The minimum absolute atomic E-state index is 0.115. The van der Waals surface area contributed by atoms with E-state index >= 15 is 0 Å². The zero-order valence-corrected chi connectivity index (χ0v) is 11.6. The third-order valence-electron chi connectivity index (χ3n) is 3.91. The van der Waals surface area contributed by atoms with Crippen molar-refractivity contribution in [3.8, 4) is 0 Å². The highest BCUT2D eigenvalue weighted by atomic mass is 16.4. The van der Waals surface area contributed by atoms with Gasteiger partial charge < -0.3 is 5.11 Å². The van der Waals surface area contributed by atoms with Crippen LogP contribution in [0.15, 0.2) is 49.1 Å². The monoisotopic (exact) mass is 283 g/mol. The first-order valence-electron chi connectivity index (χ1n) is 7.06. The molecule has 0 aromatic carbocycles. The molecule has 21 heavy (non-hydrogen) atoms. The maximum absolute atomic E-state index is 11.5. The maximum Gasteiger partial charge on any atom is 0.320 e. The van der Waals surface area contributed by atoms with Gasteiger partial charge in [-0.25, -0.2) is 0 Å². The van der Waals surface area contributed by atoms with Gasteiger partial charge in [0.15, 0.2) is 0 Å². The predicted octanol–water partition coefficient (Wildman–Crippen LogP) is 2.12. The fourth-order valence-electron chi connectivity index (χ4n) is 3.01. The van der Waals surface area contributed by atoms with Gasteiger partial charge in [-0.3, -0.25) is 19.7 Å². The van der Waals surface area contributed by atoms with Gasteiger partial charge in [0.25, 0.3) is 0 Å². The van der Waals surface area contributed by atoms with Crippen molar-refractivity contribution < 1.29 is 9.90 Å². The Hall–Kier alpha value is -2.27. The summed E-state index contributed by atoms with van der Waals surface area (Å²) in [4.78, 5) is 21.9. The topological polar surface area (TPSA) is 66.3 Å². The first-order valence-corrected chi connectivity index (χ1v) is 7.06. The summed E-state index contributed by atoms with van der Waals surface area (Å²) < 4.78 is 0. The average Bonchev–Trinajstić information content (AvgIpc) is 2.99. The van der Waals surface area contributed by atoms with Crippen LogP contribution in [0.25, 0.3) is 0 Å². The summed E-state index contributed by atoms with van der Waals surface area (Å²) in [6.07, 6.45) is 8.63. The molecule has 1 fully saturated rings. The van der Waals surface area contributed by atoms with Crippen molar-refractivity contribution in [1.82, 2.24) is 14.9 Å². The molecule has 0 saturated carbocycles. The Bertz CT molecular complexity index is 564. The number of aromatic nitrogens is 2. The van der Waals surface area contributed by atoms with Crippen LogP contribution in [0.1, 0.15) is 30.0 Å². The minimum Gasteiger partial charge on any atom is -0.480 e. The molecule has 1 unspecified atom stereocenters. The molecular weight excluding hydrogens is 266 g/mol. The van der Waals surface area contributed by atoms with Gasteiger partial charge in [-0.1, -0.05) is 12.1 Å².